The zero-order valence-corrected chi connectivity index (χ0v) is 14.3. The van der Waals surface area contributed by atoms with Crippen molar-refractivity contribution in [1.29, 1.82) is 0 Å². The first-order chi connectivity index (χ1) is 12.8. The van der Waals surface area contributed by atoms with Crippen LogP contribution < -0.4 is 5.32 Å². The predicted molar refractivity (Wildman–Crippen MR) is 104 cm³/mol. The van der Waals surface area contributed by atoms with Crippen molar-refractivity contribution < 1.29 is 9.63 Å². The molecule has 0 saturated carbocycles. The fraction of sp³-hybridized carbons (Fsp3) is 0.0909. The Hall–Kier alpha value is -3.40. The van der Waals surface area contributed by atoms with Crippen LogP contribution >= 0.6 is 0 Å². The summed E-state index contributed by atoms with van der Waals surface area (Å²) in [7, 11) is 0. The summed E-state index contributed by atoms with van der Waals surface area (Å²) >= 11 is 0. The Kier molecular flexibility index (Phi) is 6.15. The number of rotatable bonds is 7. The van der Waals surface area contributed by atoms with Crippen LogP contribution in [0.3, 0.4) is 0 Å². The number of benzene rings is 3. The summed E-state index contributed by atoms with van der Waals surface area (Å²) in [6, 6.07) is 27.7. The number of anilines is 1. The van der Waals surface area contributed by atoms with Gasteiger partial charge in [0, 0.05) is 5.69 Å². The molecule has 0 aliphatic heterocycles. The van der Waals surface area contributed by atoms with E-state index in [0.29, 0.717) is 6.61 Å². The second kappa shape index (κ2) is 9.18. The molecule has 1 N–H and O–H groups in total. The molecule has 0 saturated heterocycles. The maximum Gasteiger partial charge on any atom is 0.270 e. The molecule has 3 aromatic carbocycles. The van der Waals surface area contributed by atoms with Crippen molar-refractivity contribution in [1.82, 2.24) is 0 Å². The van der Waals surface area contributed by atoms with Crippen LogP contribution in [-0.2, 0) is 22.7 Å². The Morgan fingerprint density at radius 1 is 0.808 bits per heavy atom. The van der Waals surface area contributed by atoms with Gasteiger partial charge < -0.3 is 10.2 Å². The zero-order valence-electron chi connectivity index (χ0n) is 14.3. The van der Waals surface area contributed by atoms with Crippen LogP contribution in [0.5, 0.6) is 0 Å². The number of oxime groups is 1. The van der Waals surface area contributed by atoms with E-state index in [9.17, 15) is 4.79 Å². The van der Waals surface area contributed by atoms with E-state index in [1.54, 1.807) is 0 Å². The van der Waals surface area contributed by atoms with Gasteiger partial charge in [0.25, 0.3) is 5.91 Å². The average Bonchev–Trinajstić information content (AvgIpc) is 2.68. The van der Waals surface area contributed by atoms with Crippen LogP contribution in [0, 0.1) is 0 Å². The number of carbonyl (C=O) groups excluding carboxylic acids is 1. The highest BCUT2D eigenvalue weighted by Gasteiger charge is 2.00. The van der Waals surface area contributed by atoms with Crippen LogP contribution in [-0.4, -0.2) is 12.1 Å². The molecular weight excluding hydrogens is 324 g/mol. The van der Waals surface area contributed by atoms with E-state index in [1.165, 1.54) is 11.1 Å². The van der Waals surface area contributed by atoms with E-state index < -0.39 is 0 Å². The Labute approximate surface area is 153 Å². The number of hydrogen-bond acceptors (Lipinski definition) is 3. The van der Waals surface area contributed by atoms with Crippen molar-refractivity contribution in [3.05, 3.63) is 102 Å². The first kappa shape index (κ1) is 17.4. The van der Waals surface area contributed by atoms with Crippen molar-refractivity contribution in [3.63, 3.8) is 0 Å². The molecule has 4 heteroatoms. The Morgan fingerprint density at radius 3 is 2.04 bits per heavy atom. The standard InChI is InChI=1S/C22H20N2O2/c25-22(16-23-26-17-20-9-5-2-6-10-20)24-21-13-11-19(12-14-21)15-18-7-3-1-4-8-18/h1-14,16H,15,17H2,(H,24,25)/b23-16-. The average molecular weight is 344 g/mol. The normalized spacial score (nSPS) is 10.6. The van der Waals surface area contributed by atoms with E-state index in [0.717, 1.165) is 23.9 Å². The minimum atomic E-state index is -0.325. The van der Waals surface area contributed by atoms with Gasteiger partial charge >= 0.3 is 0 Å². The molecule has 0 bridgehead atoms. The van der Waals surface area contributed by atoms with Gasteiger partial charge in [0.1, 0.15) is 12.8 Å². The van der Waals surface area contributed by atoms with Gasteiger partial charge in [-0.05, 0) is 35.2 Å². The largest absolute Gasteiger partial charge is 0.391 e. The third kappa shape index (κ3) is 5.60. The van der Waals surface area contributed by atoms with Gasteiger partial charge in [-0.3, -0.25) is 4.79 Å². The van der Waals surface area contributed by atoms with Gasteiger partial charge in [-0.25, -0.2) is 0 Å². The van der Waals surface area contributed by atoms with Crippen molar-refractivity contribution >= 4 is 17.8 Å². The SMILES string of the molecule is O=C(/C=N\OCc1ccccc1)Nc1ccc(Cc2ccccc2)cc1. The van der Waals surface area contributed by atoms with Gasteiger partial charge in [0.15, 0.2) is 0 Å². The molecule has 0 heterocycles. The summed E-state index contributed by atoms with van der Waals surface area (Å²) in [6.45, 7) is 0.332. The lowest BCUT2D eigenvalue weighted by molar-refractivity contribution is -0.110. The van der Waals surface area contributed by atoms with E-state index in [2.05, 4.69) is 22.6 Å². The summed E-state index contributed by atoms with van der Waals surface area (Å²) in [5, 5.41) is 6.46. The lowest BCUT2D eigenvalue weighted by Gasteiger charge is -2.05. The van der Waals surface area contributed by atoms with Crippen LogP contribution in [0.4, 0.5) is 5.69 Å². The quantitative estimate of drug-likeness (QED) is 0.509. The van der Waals surface area contributed by atoms with Gasteiger partial charge in [0.2, 0.25) is 0 Å². The lowest BCUT2D eigenvalue weighted by Crippen LogP contribution is -2.12. The summed E-state index contributed by atoms with van der Waals surface area (Å²) in [6.07, 6.45) is 2.00. The first-order valence-corrected chi connectivity index (χ1v) is 8.43. The van der Waals surface area contributed by atoms with E-state index in [4.69, 9.17) is 4.84 Å². The van der Waals surface area contributed by atoms with Gasteiger partial charge in [-0.2, -0.15) is 0 Å². The maximum absolute atomic E-state index is 11.9. The molecule has 0 aliphatic rings. The molecule has 3 rings (SSSR count). The van der Waals surface area contributed by atoms with E-state index in [1.807, 2.05) is 72.8 Å². The van der Waals surface area contributed by atoms with Gasteiger partial charge in [0.05, 0.1) is 0 Å². The molecule has 4 nitrogen and oxygen atoms in total. The molecule has 0 fully saturated rings. The molecule has 130 valence electrons. The number of nitrogens with one attached hydrogen (secondary N) is 1. The monoisotopic (exact) mass is 344 g/mol. The third-order valence-corrected chi connectivity index (χ3v) is 3.79. The molecule has 3 aromatic rings. The summed E-state index contributed by atoms with van der Waals surface area (Å²) in [4.78, 5) is 17.0. The van der Waals surface area contributed by atoms with E-state index in [-0.39, 0.29) is 5.91 Å². The number of hydrogen-bond donors (Lipinski definition) is 1. The molecule has 26 heavy (non-hydrogen) atoms. The number of nitrogens with zero attached hydrogens (tertiary/aromatic N) is 1. The lowest BCUT2D eigenvalue weighted by atomic mass is 10.0. The molecule has 0 spiro atoms. The van der Waals surface area contributed by atoms with Crippen LogP contribution in [0.25, 0.3) is 0 Å². The third-order valence-electron chi connectivity index (χ3n) is 3.79. The fourth-order valence-corrected chi connectivity index (χ4v) is 2.48. The van der Waals surface area contributed by atoms with Gasteiger partial charge in [-0.15, -0.1) is 0 Å². The zero-order chi connectivity index (χ0) is 18.0. The highest BCUT2D eigenvalue weighted by atomic mass is 16.6. The highest BCUT2D eigenvalue weighted by Crippen LogP contribution is 2.13. The van der Waals surface area contributed by atoms with E-state index >= 15 is 0 Å². The van der Waals surface area contributed by atoms with Crippen molar-refractivity contribution in [3.8, 4) is 0 Å². The van der Waals surface area contributed by atoms with Crippen LogP contribution in [0.15, 0.2) is 90.1 Å². The first-order valence-electron chi connectivity index (χ1n) is 8.43. The topological polar surface area (TPSA) is 50.7 Å². The minimum absolute atomic E-state index is 0.325. The Morgan fingerprint density at radius 2 is 1.38 bits per heavy atom. The second-order valence-electron chi connectivity index (χ2n) is 5.84. The molecule has 0 aromatic heterocycles. The molecular formula is C22H20N2O2. The number of carbonyl (C=O) groups is 1. The molecule has 1 amide bonds. The molecule has 0 radical (unpaired) electrons. The highest BCUT2D eigenvalue weighted by molar-refractivity contribution is 6.31. The van der Waals surface area contributed by atoms with Crippen molar-refractivity contribution in [2.75, 3.05) is 5.32 Å². The van der Waals surface area contributed by atoms with Crippen molar-refractivity contribution in [2.45, 2.75) is 13.0 Å². The second-order valence-corrected chi connectivity index (χ2v) is 5.84. The Bertz CT molecular complexity index is 844. The minimum Gasteiger partial charge on any atom is -0.391 e. The summed E-state index contributed by atoms with van der Waals surface area (Å²) < 4.78 is 0. The van der Waals surface area contributed by atoms with Gasteiger partial charge in [-0.1, -0.05) is 78.0 Å². The van der Waals surface area contributed by atoms with Crippen LogP contribution in [0.2, 0.25) is 0 Å². The fourth-order valence-electron chi connectivity index (χ4n) is 2.48. The summed E-state index contributed by atoms with van der Waals surface area (Å²) in [5.41, 5.74) is 4.17. The number of amides is 1. The predicted octanol–water partition coefficient (Wildman–Crippen LogP) is 4.42. The maximum atomic E-state index is 11.9. The molecule has 0 aliphatic carbocycles. The molecule has 0 atom stereocenters. The summed E-state index contributed by atoms with van der Waals surface area (Å²) in [5.74, 6) is -0.325. The molecule has 0 unspecified atom stereocenters. The Balaban J connectivity index is 1.46. The smallest absolute Gasteiger partial charge is 0.270 e. The van der Waals surface area contributed by atoms with Crippen molar-refractivity contribution in [2.24, 2.45) is 5.16 Å². The van der Waals surface area contributed by atoms with Crippen LogP contribution in [0.1, 0.15) is 16.7 Å².